The van der Waals surface area contributed by atoms with Crippen molar-refractivity contribution in [3.8, 4) is 34.6 Å². The second-order valence-corrected chi connectivity index (χ2v) is 5.40. The molecule has 0 amide bonds. The van der Waals surface area contributed by atoms with Crippen molar-refractivity contribution in [2.45, 2.75) is 13.3 Å². The molecule has 0 spiro atoms. The highest BCUT2D eigenvalue weighted by Crippen LogP contribution is 2.26. The standard InChI is InChI=1S/C19H21N3O3/c1-4-13-25-19-20-18(14-5-9-16(23-2)10-6-14)22(21-19)15-7-11-17(24-3)12-8-15/h5-12H,4,13H2,1-3H3. The van der Waals surface area contributed by atoms with Gasteiger partial charge in [-0.1, -0.05) is 6.92 Å². The molecule has 0 atom stereocenters. The van der Waals surface area contributed by atoms with Crippen molar-refractivity contribution in [1.82, 2.24) is 14.8 Å². The fraction of sp³-hybridized carbons (Fsp3) is 0.263. The first-order valence-corrected chi connectivity index (χ1v) is 8.14. The van der Waals surface area contributed by atoms with Crippen LogP contribution >= 0.6 is 0 Å². The Morgan fingerprint density at radius 2 is 1.48 bits per heavy atom. The quantitative estimate of drug-likeness (QED) is 0.656. The molecule has 0 fully saturated rings. The van der Waals surface area contributed by atoms with Gasteiger partial charge < -0.3 is 14.2 Å². The fourth-order valence-corrected chi connectivity index (χ4v) is 2.38. The summed E-state index contributed by atoms with van der Waals surface area (Å²) in [4.78, 5) is 4.55. The Bertz CT molecular complexity index is 746. The van der Waals surface area contributed by atoms with Crippen molar-refractivity contribution in [3.05, 3.63) is 48.5 Å². The highest BCUT2D eigenvalue weighted by Gasteiger charge is 2.15. The van der Waals surface area contributed by atoms with Gasteiger partial charge in [0.05, 0.1) is 26.5 Å². The fourth-order valence-electron chi connectivity index (χ4n) is 2.38. The summed E-state index contributed by atoms with van der Waals surface area (Å²) in [6.45, 7) is 2.62. The van der Waals surface area contributed by atoms with Crippen LogP contribution in [0.5, 0.6) is 17.5 Å². The van der Waals surface area contributed by atoms with Crippen LogP contribution in [0, 0.1) is 0 Å². The molecule has 0 unspecified atom stereocenters. The maximum absolute atomic E-state index is 5.62. The summed E-state index contributed by atoms with van der Waals surface area (Å²) in [6, 6.07) is 15.7. The lowest BCUT2D eigenvalue weighted by atomic mass is 10.2. The second-order valence-electron chi connectivity index (χ2n) is 5.40. The van der Waals surface area contributed by atoms with Gasteiger partial charge in [-0.25, -0.2) is 4.68 Å². The average Bonchev–Trinajstić information content (AvgIpc) is 3.10. The van der Waals surface area contributed by atoms with Crippen molar-refractivity contribution >= 4 is 0 Å². The number of nitrogens with zero attached hydrogens (tertiary/aromatic N) is 3. The van der Waals surface area contributed by atoms with Crippen LogP contribution in [0.15, 0.2) is 48.5 Å². The molecule has 0 saturated heterocycles. The Morgan fingerprint density at radius 3 is 2.04 bits per heavy atom. The highest BCUT2D eigenvalue weighted by atomic mass is 16.5. The van der Waals surface area contributed by atoms with E-state index in [9.17, 15) is 0 Å². The van der Waals surface area contributed by atoms with E-state index in [1.165, 1.54) is 0 Å². The Kier molecular flexibility index (Phi) is 5.18. The highest BCUT2D eigenvalue weighted by molar-refractivity contribution is 5.59. The van der Waals surface area contributed by atoms with Gasteiger partial charge in [-0.15, -0.1) is 5.10 Å². The molecule has 1 aromatic heterocycles. The predicted octanol–water partition coefficient (Wildman–Crippen LogP) is 3.74. The first-order valence-electron chi connectivity index (χ1n) is 8.14. The number of aromatic nitrogens is 3. The van der Waals surface area contributed by atoms with Gasteiger partial charge in [0.25, 0.3) is 0 Å². The topological polar surface area (TPSA) is 58.4 Å². The molecule has 2 aromatic carbocycles. The third-order valence-electron chi connectivity index (χ3n) is 3.69. The maximum Gasteiger partial charge on any atom is 0.336 e. The zero-order valence-electron chi connectivity index (χ0n) is 14.6. The van der Waals surface area contributed by atoms with Gasteiger partial charge in [0.15, 0.2) is 5.82 Å². The van der Waals surface area contributed by atoms with E-state index in [1.54, 1.807) is 18.9 Å². The van der Waals surface area contributed by atoms with Crippen LogP contribution in [0.25, 0.3) is 17.1 Å². The average molecular weight is 339 g/mol. The first-order chi connectivity index (χ1) is 12.2. The third kappa shape index (κ3) is 3.74. The minimum atomic E-state index is 0.364. The number of ether oxygens (including phenoxy) is 3. The monoisotopic (exact) mass is 339 g/mol. The minimum absolute atomic E-state index is 0.364. The van der Waals surface area contributed by atoms with Crippen LogP contribution < -0.4 is 14.2 Å². The molecule has 0 aliphatic rings. The summed E-state index contributed by atoms with van der Waals surface area (Å²) in [7, 11) is 3.29. The summed E-state index contributed by atoms with van der Waals surface area (Å²) in [6.07, 6.45) is 0.898. The molecule has 3 rings (SSSR count). The largest absolute Gasteiger partial charge is 0.497 e. The van der Waals surface area contributed by atoms with Gasteiger partial charge in [0, 0.05) is 5.56 Å². The lowest BCUT2D eigenvalue weighted by Gasteiger charge is -2.07. The molecule has 1 heterocycles. The van der Waals surface area contributed by atoms with Crippen LogP contribution in [0.4, 0.5) is 0 Å². The Hall–Kier alpha value is -3.02. The number of hydrogen-bond donors (Lipinski definition) is 0. The molecule has 3 aromatic rings. The molecule has 0 saturated carbocycles. The van der Waals surface area contributed by atoms with Gasteiger partial charge in [0.2, 0.25) is 0 Å². The van der Waals surface area contributed by atoms with E-state index in [4.69, 9.17) is 14.2 Å². The smallest absolute Gasteiger partial charge is 0.336 e. The Labute approximate surface area is 147 Å². The molecule has 0 bridgehead atoms. The van der Waals surface area contributed by atoms with E-state index >= 15 is 0 Å². The van der Waals surface area contributed by atoms with Crippen LogP contribution in [-0.2, 0) is 0 Å². The van der Waals surface area contributed by atoms with Gasteiger partial charge in [0.1, 0.15) is 11.5 Å². The molecule has 0 aliphatic heterocycles. The lowest BCUT2D eigenvalue weighted by molar-refractivity contribution is 0.292. The Morgan fingerprint density at radius 1 is 0.880 bits per heavy atom. The van der Waals surface area contributed by atoms with E-state index in [-0.39, 0.29) is 0 Å². The van der Waals surface area contributed by atoms with Gasteiger partial charge in [-0.2, -0.15) is 4.98 Å². The Balaban J connectivity index is 2.02. The second kappa shape index (κ2) is 7.70. The van der Waals surface area contributed by atoms with Crippen LogP contribution in [-0.4, -0.2) is 35.6 Å². The maximum atomic E-state index is 5.62. The molecule has 0 aliphatic carbocycles. The normalized spacial score (nSPS) is 10.5. The summed E-state index contributed by atoms with van der Waals surface area (Å²) in [5.41, 5.74) is 1.81. The molecule has 0 N–H and O–H groups in total. The van der Waals surface area contributed by atoms with E-state index in [0.717, 1.165) is 29.2 Å². The van der Waals surface area contributed by atoms with Crippen molar-refractivity contribution < 1.29 is 14.2 Å². The summed E-state index contributed by atoms with van der Waals surface area (Å²) < 4.78 is 17.8. The number of rotatable bonds is 7. The minimum Gasteiger partial charge on any atom is -0.497 e. The number of benzene rings is 2. The number of methoxy groups -OCH3 is 2. The van der Waals surface area contributed by atoms with Gasteiger partial charge >= 0.3 is 6.01 Å². The van der Waals surface area contributed by atoms with Crippen LogP contribution in [0.2, 0.25) is 0 Å². The molecular weight excluding hydrogens is 318 g/mol. The zero-order valence-corrected chi connectivity index (χ0v) is 14.6. The number of hydrogen-bond acceptors (Lipinski definition) is 5. The molecule has 6 heteroatoms. The van der Waals surface area contributed by atoms with E-state index < -0.39 is 0 Å². The predicted molar refractivity (Wildman–Crippen MR) is 95.7 cm³/mol. The third-order valence-corrected chi connectivity index (χ3v) is 3.69. The van der Waals surface area contributed by atoms with E-state index in [1.807, 2.05) is 55.5 Å². The summed E-state index contributed by atoms with van der Waals surface area (Å²) in [5.74, 6) is 2.29. The first kappa shape index (κ1) is 16.8. The molecular formula is C19H21N3O3. The molecule has 130 valence electrons. The van der Waals surface area contributed by atoms with Crippen molar-refractivity contribution in [3.63, 3.8) is 0 Å². The van der Waals surface area contributed by atoms with E-state index in [2.05, 4.69) is 10.1 Å². The van der Waals surface area contributed by atoms with Crippen LogP contribution in [0.3, 0.4) is 0 Å². The lowest BCUT2D eigenvalue weighted by Crippen LogP contribution is -2.00. The van der Waals surface area contributed by atoms with Crippen LogP contribution in [0.1, 0.15) is 13.3 Å². The van der Waals surface area contributed by atoms with Crippen molar-refractivity contribution in [2.75, 3.05) is 20.8 Å². The zero-order chi connectivity index (χ0) is 17.6. The molecule has 25 heavy (non-hydrogen) atoms. The molecule has 0 radical (unpaired) electrons. The van der Waals surface area contributed by atoms with Gasteiger partial charge in [-0.3, -0.25) is 0 Å². The summed E-state index contributed by atoms with van der Waals surface area (Å²) in [5, 5.41) is 4.50. The van der Waals surface area contributed by atoms with Crippen molar-refractivity contribution in [2.24, 2.45) is 0 Å². The van der Waals surface area contributed by atoms with Gasteiger partial charge in [-0.05, 0) is 55.0 Å². The van der Waals surface area contributed by atoms with Crippen molar-refractivity contribution in [1.29, 1.82) is 0 Å². The summed E-state index contributed by atoms with van der Waals surface area (Å²) >= 11 is 0. The molecule has 6 nitrogen and oxygen atoms in total. The SMILES string of the molecule is CCCOc1nc(-c2ccc(OC)cc2)n(-c2ccc(OC)cc2)n1. The van der Waals surface area contributed by atoms with E-state index in [0.29, 0.717) is 18.4 Å².